The monoisotopic (exact) mass is 315 g/mol. The number of aliphatic hydroxyl groups is 2. The van der Waals surface area contributed by atoms with E-state index in [-0.39, 0.29) is 11.5 Å². The molecule has 0 bridgehead atoms. The first-order valence-electron chi connectivity index (χ1n) is 9.07. The van der Waals surface area contributed by atoms with E-state index < -0.39 is 5.60 Å². The van der Waals surface area contributed by atoms with Gasteiger partial charge in [-0.3, -0.25) is 0 Å². The molecule has 0 aromatic carbocycles. The lowest BCUT2D eigenvalue weighted by atomic mass is 9.50. The summed E-state index contributed by atoms with van der Waals surface area (Å²) < 4.78 is 5.31. The van der Waals surface area contributed by atoms with Crippen LogP contribution in [0.15, 0.2) is 16.3 Å². The van der Waals surface area contributed by atoms with Crippen LogP contribution in [0.25, 0.3) is 6.08 Å². The van der Waals surface area contributed by atoms with E-state index in [0.29, 0.717) is 24.2 Å². The Morgan fingerprint density at radius 2 is 2.09 bits per heavy atom. The van der Waals surface area contributed by atoms with E-state index in [1.54, 1.807) is 6.20 Å². The predicted molar refractivity (Wildman–Crippen MR) is 85.4 cm³/mol. The minimum absolute atomic E-state index is 0.0652. The first kappa shape index (κ1) is 14.2. The molecule has 4 aliphatic carbocycles. The number of aromatic nitrogens is 1. The van der Waals surface area contributed by atoms with Crippen LogP contribution in [0.5, 0.6) is 0 Å². The van der Waals surface area contributed by atoms with E-state index in [9.17, 15) is 10.2 Å². The van der Waals surface area contributed by atoms with Crippen molar-refractivity contribution < 1.29 is 14.7 Å². The molecule has 1 aromatic heterocycles. The van der Waals surface area contributed by atoms with Crippen molar-refractivity contribution in [3.8, 4) is 0 Å². The van der Waals surface area contributed by atoms with Gasteiger partial charge in [-0.15, -0.1) is 0 Å². The molecule has 4 heteroatoms. The lowest BCUT2D eigenvalue weighted by Gasteiger charge is -2.56. The van der Waals surface area contributed by atoms with E-state index >= 15 is 0 Å². The van der Waals surface area contributed by atoms with Crippen molar-refractivity contribution in [3.63, 3.8) is 0 Å². The SMILES string of the molecule is C[C@]12CCC3C(CCC4=Cc5oncc5C[C@@]43O)C1CC[C@@H]2O. The molecule has 0 radical (unpaired) electrons. The second-order valence-corrected chi connectivity index (χ2v) is 8.54. The zero-order valence-electron chi connectivity index (χ0n) is 13.7. The van der Waals surface area contributed by atoms with Crippen LogP contribution in [0.1, 0.15) is 56.8 Å². The summed E-state index contributed by atoms with van der Waals surface area (Å²) in [5.74, 6) is 2.24. The number of hydrogen-bond donors (Lipinski definition) is 2. The summed E-state index contributed by atoms with van der Waals surface area (Å²) in [6.45, 7) is 2.28. The molecule has 124 valence electrons. The molecule has 4 nitrogen and oxygen atoms in total. The predicted octanol–water partition coefficient (Wildman–Crippen LogP) is 2.94. The second-order valence-electron chi connectivity index (χ2n) is 8.54. The van der Waals surface area contributed by atoms with E-state index in [2.05, 4.69) is 12.1 Å². The Morgan fingerprint density at radius 3 is 2.96 bits per heavy atom. The third kappa shape index (κ3) is 1.71. The number of fused-ring (bicyclic) bond motifs is 6. The van der Waals surface area contributed by atoms with Crippen LogP contribution in [-0.2, 0) is 6.42 Å². The summed E-state index contributed by atoms with van der Waals surface area (Å²) in [4.78, 5) is 0. The lowest BCUT2D eigenvalue weighted by Crippen LogP contribution is -2.56. The standard InChI is InChI=1S/C19H25NO3/c1-18-7-6-15-13(14(18)4-5-17(18)21)3-2-12-8-16-11(10-20-23-16)9-19(12,15)22/h8,10,13-15,17,21-22H,2-7,9H2,1H3/t13?,14?,15?,17-,18-,19+/m0/s1. The van der Waals surface area contributed by atoms with Gasteiger partial charge in [0.05, 0.1) is 17.9 Å². The zero-order chi connectivity index (χ0) is 15.8. The van der Waals surface area contributed by atoms with Crippen LogP contribution in [0, 0.1) is 23.2 Å². The molecule has 3 fully saturated rings. The van der Waals surface area contributed by atoms with Gasteiger partial charge in [0.15, 0.2) is 5.76 Å². The van der Waals surface area contributed by atoms with E-state index in [1.807, 2.05) is 6.08 Å². The van der Waals surface area contributed by atoms with Gasteiger partial charge < -0.3 is 14.7 Å². The third-order valence-corrected chi connectivity index (χ3v) is 7.74. The van der Waals surface area contributed by atoms with Gasteiger partial charge in [0, 0.05) is 12.0 Å². The molecule has 0 saturated heterocycles. The van der Waals surface area contributed by atoms with Crippen LogP contribution >= 0.6 is 0 Å². The molecule has 3 unspecified atom stereocenters. The number of aliphatic hydroxyl groups excluding tert-OH is 1. The quantitative estimate of drug-likeness (QED) is 0.772. The minimum atomic E-state index is -0.726. The fourth-order valence-corrected chi connectivity index (χ4v) is 6.44. The third-order valence-electron chi connectivity index (χ3n) is 7.74. The van der Waals surface area contributed by atoms with E-state index in [1.165, 1.54) is 0 Å². The molecule has 2 N–H and O–H groups in total. The van der Waals surface area contributed by atoms with Crippen molar-refractivity contribution in [1.29, 1.82) is 0 Å². The summed E-state index contributed by atoms with van der Waals surface area (Å²) >= 11 is 0. The maximum Gasteiger partial charge on any atom is 0.162 e. The summed E-state index contributed by atoms with van der Waals surface area (Å²) in [5, 5.41) is 26.0. The van der Waals surface area contributed by atoms with Crippen LogP contribution in [0.2, 0.25) is 0 Å². The van der Waals surface area contributed by atoms with Crippen LogP contribution in [0.3, 0.4) is 0 Å². The highest BCUT2D eigenvalue weighted by Gasteiger charge is 2.59. The molecule has 4 aliphatic rings. The Morgan fingerprint density at radius 1 is 1.22 bits per heavy atom. The van der Waals surface area contributed by atoms with Gasteiger partial charge in [-0.05, 0) is 73.3 Å². The molecule has 1 aromatic rings. The molecule has 5 rings (SSSR count). The molecule has 0 aliphatic heterocycles. The zero-order valence-corrected chi connectivity index (χ0v) is 13.7. The summed E-state index contributed by atoms with van der Waals surface area (Å²) in [6, 6.07) is 0. The molecule has 0 amide bonds. The molecule has 0 spiro atoms. The minimum Gasteiger partial charge on any atom is -0.393 e. The largest absolute Gasteiger partial charge is 0.393 e. The summed E-state index contributed by atoms with van der Waals surface area (Å²) in [5.41, 5.74) is 1.52. The van der Waals surface area contributed by atoms with Gasteiger partial charge in [-0.1, -0.05) is 12.1 Å². The maximum absolute atomic E-state index is 11.6. The molecule has 23 heavy (non-hydrogen) atoms. The first-order chi connectivity index (χ1) is 11.0. The fourth-order valence-electron chi connectivity index (χ4n) is 6.44. The van der Waals surface area contributed by atoms with E-state index in [0.717, 1.165) is 55.4 Å². The van der Waals surface area contributed by atoms with Crippen LogP contribution in [0.4, 0.5) is 0 Å². The van der Waals surface area contributed by atoms with Gasteiger partial charge in [-0.25, -0.2) is 0 Å². The average Bonchev–Trinajstić information content (AvgIpc) is 3.08. The Bertz CT molecular complexity index is 680. The Labute approximate surface area is 136 Å². The highest BCUT2D eigenvalue weighted by Crippen LogP contribution is 2.62. The summed E-state index contributed by atoms with van der Waals surface area (Å²) in [6.07, 6.45) is 10.5. The summed E-state index contributed by atoms with van der Waals surface area (Å²) in [7, 11) is 0. The normalized spacial score (nSPS) is 48.0. The van der Waals surface area contributed by atoms with Crippen molar-refractivity contribution in [2.24, 2.45) is 23.2 Å². The fraction of sp³-hybridized carbons (Fsp3) is 0.737. The average molecular weight is 315 g/mol. The number of rotatable bonds is 0. The highest BCUT2D eigenvalue weighted by molar-refractivity contribution is 5.58. The van der Waals surface area contributed by atoms with Gasteiger partial charge in [-0.2, -0.15) is 0 Å². The van der Waals surface area contributed by atoms with Crippen molar-refractivity contribution in [3.05, 3.63) is 23.1 Å². The lowest BCUT2D eigenvalue weighted by molar-refractivity contribution is -0.111. The van der Waals surface area contributed by atoms with Crippen LogP contribution in [-0.4, -0.2) is 27.1 Å². The van der Waals surface area contributed by atoms with Crippen molar-refractivity contribution in [2.75, 3.05) is 0 Å². The maximum atomic E-state index is 11.6. The topological polar surface area (TPSA) is 66.5 Å². The van der Waals surface area contributed by atoms with Crippen molar-refractivity contribution in [1.82, 2.24) is 5.16 Å². The molecule has 1 heterocycles. The van der Waals surface area contributed by atoms with Crippen molar-refractivity contribution in [2.45, 2.75) is 63.6 Å². The second kappa shape index (κ2) is 4.48. The number of nitrogens with zero attached hydrogens (tertiary/aromatic N) is 1. The van der Waals surface area contributed by atoms with Crippen LogP contribution < -0.4 is 0 Å². The molecular weight excluding hydrogens is 290 g/mol. The highest BCUT2D eigenvalue weighted by atomic mass is 16.5. The Kier molecular flexibility index (Phi) is 2.77. The van der Waals surface area contributed by atoms with Gasteiger partial charge in [0.25, 0.3) is 0 Å². The van der Waals surface area contributed by atoms with Gasteiger partial charge in [0.2, 0.25) is 0 Å². The van der Waals surface area contributed by atoms with E-state index in [4.69, 9.17) is 4.52 Å². The smallest absolute Gasteiger partial charge is 0.162 e. The first-order valence-corrected chi connectivity index (χ1v) is 9.07. The van der Waals surface area contributed by atoms with Gasteiger partial charge >= 0.3 is 0 Å². The van der Waals surface area contributed by atoms with Gasteiger partial charge in [0.1, 0.15) is 0 Å². The Balaban J connectivity index is 1.53. The number of hydrogen-bond acceptors (Lipinski definition) is 4. The molecular formula is C19H25NO3. The molecule has 6 atom stereocenters. The Hall–Kier alpha value is -1.13. The molecule has 3 saturated carbocycles. The van der Waals surface area contributed by atoms with Crippen molar-refractivity contribution >= 4 is 6.08 Å².